The summed E-state index contributed by atoms with van der Waals surface area (Å²) in [5, 5.41) is 31.4. The van der Waals surface area contributed by atoms with Crippen LogP contribution in [-0.4, -0.2) is 89.2 Å². The van der Waals surface area contributed by atoms with Crippen molar-refractivity contribution in [1.29, 1.82) is 0 Å². The number of aliphatic hydroxyl groups excluding tert-OH is 2. The summed E-state index contributed by atoms with van der Waals surface area (Å²) >= 11 is 0. The highest BCUT2D eigenvalue weighted by Gasteiger charge is 2.50. The van der Waals surface area contributed by atoms with E-state index in [4.69, 9.17) is 23.7 Å². The Balaban J connectivity index is 2.68. The Kier molecular flexibility index (Phi) is 43.7. The number of carboxylic acid groups (broad SMARTS) is 1. The number of unbranched alkanes of at least 4 members (excludes halogenated alkanes) is 23. The van der Waals surface area contributed by atoms with Gasteiger partial charge in [0.15, 0.2) is 24.6 Å². The molecular weight excluding hydrogens is 901 g/mol. The first-order valence-electron chi connectivity index (χ1n) is 28.3. The van der Waals surface area contributed by atoms with Gasteiger partial charge in [0.05, 0.1) is 6.61 Å². The van der Waals surface area contributed by atoms with Crippen LogP contribution in [0.1, 0.15) is 239 Å². The Hall–Kier alpha value is -3.58. The summed E-state index contributed by atoms with van der Waals surface area (Å²) in [4.78, 5) is 50.9. The molecule has 12 nitrogen and oxygen atoms in total. The van der Waals surface area contributed by atoms with Crippen LogP contribution < -0.4 is 0 Å². The highest BCUT2D eigenvalue weighted by Crippen LogP contribution is 2.26. The molecule has 408 valence electrons. The van der Waals surface area contributed by atoms with Crippen molar-refractivity contribution in [2.75, 3.05) is 13.2 Å². The lowest BCUT2D eigenvalue weighted by Crippen LogP contribution is -2.61. The lowest BCUT2D eigenvalue weighted by Gasteiger charge is -2.40. The van der Waals surface area contributed by atoms with Crippen molar-refractivity contribution in [2.24, 2.45) is 0 Å². The molecule has 1 heterocycles. The van der Waals surface area contributed by atoms with E-state index < -0.39 is 67.3 Å². The molecule has 0 radical (unpaired) electrons. The molecule has 0 amide bonds. The predicted octanol–water partition coefficient (Wildman–Crippen LogP) is 14.0. The predicted molar refractivity (Wildman–Crippen MR) is 285 cm³/mol. The first-order chi connectivity index (χ1) is 34.6. The topological polar surface area (TPSA) is 175 Å². The normalized spacial score (nSPS) is 18.9. The fourth-order valence-electron chi connectivity index (χ4n) is 8.22. The van der Waals surface area contributed by atoms with Crippen molar-refractivity contribution in [3.8, 4) is 0 Å². The molecule has 1 aliphatic heterocycles. The van der Waals surface area contributed by atoms with Crippen molar-refractivity contribution in [2.45, 2.75) is 276 Å². The number of hydrogen-bond donors (Lipinski definition) is 3. The van der Waals surface area contributed by atoms with E-state index in [0.29, 0.717) is 19.3 Å². The van der Waals surface area contributed by atoms with E-state index in [1.54, 1.807) is 0 Å². The van der Waals surface area contributed by atoms with Gasteiger partial charge in [0, 0.05) is 19.3 Å². The molecule has 12 heteroatoms. The highest BCUT2D eigenvalue weighted by molar-refractivity contribution is 5.74. The van der Waals surface area contributed by atoms with E-state index in [1.807, 2.05) is 0 Å². The van der Waals surface area contributed by atoms with Crippen molar-refractivity contribution in [3.63, 3.8) is 0 Å². The number of carbonyl (C=O) groups excluding carboxylic acids is 3. The molecule has 71 heavy (non-hydrogen) atoms. The molecule has 0 aliphatic carbocycles. The molecular formula is C59H100O12. The summed E-state index contributed by atoms with van der Waals surface area (Å²) in [6.45, 7) is 5.80. The summed E-state index contributed by atoms with van der Waals surface area (Å²) in [5.74, 6) is -3.14. The molecule has 6 atom stereocenters. The lowest BCUT2D eigenvalue weighted by molar-refractivity contribution is -0.301. The minimum absolute atomic E-state index is 0.0599. The van der Waals surface area contributed by atoms with Gasteiger partial charge in [0.25, 0.3) is 0 Å². The van der Waals surface area contributed by atoms with Crippen molar-refractivity contribution in [3.05, 3.63) is 60.8 Å². The SMILES string of the molecule is CC/C=C\C/C=C\C/C=C\C/C=C\CCCCCCCCC(=O)OCC(COC1OC(C(=O)O)C(O)C(O)C1OC(=O)CCCCCCCCCCCCC)OC(=O)CCCCCCC/C=C\CCCC. The van der Waals surface area contributed by atoms with Gasteiger partial charge in [0.2, 0.25) is 0 Å². The summed E-state index contributed by atoms with van der Waals surface area (Å²) in [6.07, 6.45) is 44.9. The highest BCUT2D eigenvalue weighted by atomic mass is 16.7. The van der Waals surface area contributed by atoms with E-state index in [-0.39, 0.29) is 25.9 Å². The number of carbonyl (C=O) groups is 4. The zero-order chi connectivity index (χ0) is 51.8. The average Bonchev–Trinajstić information content (AvgIpc) is 3.35. The number of aliphatic hydroxyl groups is 2. The first-order valence-corrected chi connectivity index (χ1v) is 28.3. The maximum absolute atomic E-state index is 13.1. The second-order valence-corrected chi connectivity index (χ2v) is 19.2. The van der Waals surface area contributed by atoms with Gasteiger partial charge < -0.3 is 39.0 Å². The Morgan fingerprint density at radius 2 is 0.901 bits per heavy atom. The molecule has 0 aromatic rings. The quantitative estimate of drug-likeness (QED) is 0.0228. The summed E-state index contributed by atoms with van der Waals surface area (Å²) in [7, 11) is 0. The molecule has 0 bridgehead atoms. The van der Waals surface area contributed by atoms with E-state index in [0.717, 1.165) is 128 Å². The molecule has 0 saturated carbocycles. The maximum atomic E-state index is 13.1. The van der Waals surface area contributed by atoms with Crippen LogP contribution in [0.25, 0.3) is 0 Å². The van der Waals surface area contributed by atoms with Crippen LogP contribution in [0, 0.1) is 0 Å². The fraction of sp³-hybridized carbons (Fsp3) is 0.763. The van der Waals surface area contributed by atoms with Crippen LogP contribution in [0.15, 0.2) is 60.8 Å². The third-order valence-electron chi connectivity index (χ3n) is 12.6. The molecule has 3 N–H and O–H groups in total. The van der Waals surface area contributed by atoms with E-state index >= 15 is 0 Å². The minimum Gasteiger partial charge on any atom is -0.479 e. The number of allylic oxidation sites excluding steroid dienone is 10. The second kappa shape index (κ2) is 47.4. The summed E-state index contributed by atoms with van der Waals surface area (Å²) < 4.78 is 28.3. The van der Waals surface area contributed by atoms with Gasteiger partial charge in [-0.1, -0.05) is 204 Å². The molecule has 1 saturated heterocycles. The zero-order valence-corrected chi connectivity index (χ0v) is 44.7. The average molecular weight is 1000 g/mol. The number of aliphatic carboxylic acids is 1. The van der Waals surface area contributed by atoms with Crippen LogP contribution in [0.3, 0.4) is 0 Å². The molecule has 0 aromatic carbocycles. The number of esters is 3. The minimum atomic E-state index is -1.90. The molecule has 0 aromatic heterocycles. The van der Waals surface area contributed by atoms with Crippen molar-refractivity contribution >= 4 is 23.9 Å². The molecule has 6 unspecified atom stereocenters. The van der Waals surface area contributed by atoms with Gasteiger partial charge in [-0.15, -0.1) is 0 Å². The smallest absolute Gasteiger partial charge is 0.335 e. The van der Waals surface area contributed by atoms with Crippen LogP contribution in [0.5, 0.6) is 0 Å². The van der Waals surface area contributed by atoms with Crippen LogP contribution in [0.2, 0.25) is 0 Å². The Labute approximate surface area is 430 Å². The van der Waals surface area contributed by atoms with E-state index in [2.05, 4.69) is 81.5 Å². The Morgan fingerprint density at radius 1 is 0.479 bits per heavy atom. The number of ether oxygens (including phenoxy) is 5. The molecule has 1 rings (SSSR count). The van der Waals surface area contributed by atoms with Crippen LogP contribution >= 0.6 is 0 Å². The number of carboxylic acids is 1. The molecule has 1 aliphatic rings. The third kappa shape index (κ3) is 37.8. The van der Waals surface area contributed by atoms with Gasteiger partial charge >= 0.3 is 23.9 Å². The molecule has 1 fully saturated rings. The second-order valence-electron chi connectivity index (χ2n) is 19.2. The van der Waals surface area contributed by atoms with Crippen LogP contribution in [0.4, 0.5) is 0 Å². The third-order valence-corrected chi connectivity index (χ3v) is 12.6. The molecule has 0 spiro atoms. The largest absolute Gasteiger partial charge is 0.479 e. The maximum Gasteiger partial charge on any atom is 0.335 e. The van der Waals surface area contributed by atoms with E-state index in [9.17, 15) is 34.5 Å². The standard InChI is InChI=1S/C59H100O12/c1-4-7-10-13-16-19-22-23-24-25-26-27-28-29-32-33-36-39-42-45-51(60)67-48-50(69-52(61)46-43-40-37-34-30-20-17-14-11-8-5-2)49-68-59-57(55(64)54(63)56(71-59)58(65)66)70-53(62)47-44-41-38-35-31-21-18-15-12-9-6-3/h7,10,14,16-17,19,23-24,26-27,50,54-57,59,63-64H,4-6,8-9,11-13,15,18,20-22,25,28-49H2,1-3H3,(H,65,66)/b10-7-,17-14-,19-16-,24-23-,27-26-. The fourth-order valence-corrected chi connectivity index (χ4v) is 8.22. The van der Waals surface area contributed by atoms with Crippen LogP contribution in [-0.2, 0) is 42.9 Å². The monoisotopic (exact) mass is 1000 g/mol. The Bertz CT molecular complexity index is 1470. The van der Waals surface area contributed by atoms with Gasteiger partial charge in [0.1, 0.15) is 18.8 Å². The van der Waals surface area contributed by atoms with Gasteiger partial charge in [-0.05, 0) is 77.0 Å². The zero-order valence-electron chi connectivity index (χ0n) is 44.7. The van der Waals surface area contributed by atoms with Gasteiger partial charge in [-0.25, -0.2) is 4.79 Å². The lowest BCUT2D eigenvalue weighted by atomic mass is 9.98. The number of rotatable bonds is 47. The van der Waals surface area contributed by atoms with Gasteiger partial charge in [-0.3, -0.25) is 14.4 Å². The Morgan fingerprint density at radius 3 is 1.41 bits per heavy atom. The van der Waals surface area contributed by atoms with Crippen molar-refractivity contribution in [1.82, 2.24) is 0 Å². The van der Waals surface area contributed by atoms with E-state index in [1.165, 1.54) is 51.4 Å². The summed E-state index contributed by atoms with van der Waals surface area (Å²) in [6, 6.07) is 0. The summed E-state index contributed by atoms with van der Waals surface area (Å²) in [5.41, 5.74) is 0. The number of hydrogen-bond acceptors (Lipinski definition) is 11. The van der Waals surface area contributed by atoms with Gasteiger partial charge in [-0.2, -0.15) is 0 Å². The first kappa shape index (κ1) is 65.4. The van der Waals surface area contributed by atoms with Crippen molar-refractivity contribution < 1.29 is 58.2 Å².